The van der Waals surface area contributed by atoms with Gasteiger partial charge in [-0.2, -0.15) is 0 Å². The van der Waals surface area contributed by atoms with Crippen LogP contribution in [0.4, 0.5) is 0 Å². The Morgan fingerprint density at radius 3 is 2.56 bits per heavy atom. The maximum Gasteiger partial charge on any atom is 0.246 e. The summed E-state index contributed by atoms with van der Waals surface area (Å²) in [5.74, 6) is 0.330. The van der Waals surface area contributed by atoms with E-state index in [4.69, 9.17) is 5.73 Å². The average Bonchev–Trinajstić information content (AvgIpc) is 2.74. The van der Waals surface area contributed by atoms with Gasteiger partial charge in [0.05, 0.1) is 12.5 Å². The van der Waals surface area contributed by atoms with Gasteiger partial charge in [-0.15, -0.1) is 0 Å². The molecule has 16 heavy (non-hydrogen) atoms. The van der Waals surface area contributed by atoms with Gasteiger partial charge in [-0.05, 0) is 25.8 Å². The molecular weight excluding hydrogens is 206 g/mol. The maximum absolute atomic E-state index is 11.9. The van der Waals surface area contributed by atoms with E-state index in [2.05, 4.69) is 11.8 Å². The van der Waals surface area contributed by atoms with Crippen LogP contribution in [0.1, 0.15) is 19.8 Å². The van der Waals surface area contributed by atoms with Crippen molar-refractivity contribution in [1.82, 2.24) is 9.80 Å². The number of hydrogen-bond donors (Lipinski definition) is 1. The molecule has 0 aromatic heterocycles. The van der Waals surface area contributed by atoms with Gasteiger partial charge in [0.1, 0.15) is 0 Å². The van der Waals surface area contributed by atoms with Gasteiger partial charge in [-0.3, -0.25) is 19.4 Å². The van der Waals surface area contributed by atoms with Crippen LogP contribution in [0.15, 0.2) is 0 Å². The molecule has 0 aliphatic carbocycles. The molecule has 2 rings (SSSR count). The van der Waals surface area contributed by atoms with E-state index in [1.807, 2.05) is 0 Å². The van der Waals surface area contributed by atoms with Crippen molar-refractivity contribution in [3.63, 3.8) is 0 Å². The molecule has 2 aliphatic rings. The molecule has 2 amide bonds. The highest BCUT2D eigenvalue weighted by atomic mass is 16.2. The molecule has 90 valence electrons. The van der Waals surface area contributed by atoms with Gasteiger partial charge in [-0.25, -0.2) is 0 Å². The molecular formula is C11H19N3O2. The van der Waals surface area contributed by atoms with E-state index in [0.29, 0.717) is 24.9 Å². The van der Waals surface area contributed by atoms with E-state index in [9.17, 15) is 9.59 Å². The number of rotatable bonds is 2. The number of nitrogens with two attached hydrogens (primary N) is 1. The van der Waals surface area contributed by atoms with Crippen molar-refractivity contribution in [2.75, 3.05) is 20.1 Å². The van der Waals surface area contributed by atoms with Crippen molar-refractivity contribution < 1.29 is 9.59 Å². The van der Waals surface area contributed by atoms with Crippen molar-refractivity contribution in [3.8, 4) is 0 Å². The Morgan fingerprint density at radius 1 is 1.44 bits per heavy atom. The van der Waals surface area contributed by atoms with E-state index in [0.717, 1.165) is 13.0 Å². The third-order valence-corrected chi connectivity index (χ3v) is 3.80. The monoisotopic (exact) mass is 225 g/mol. The van der Waals surface area contributed by atoms with Crippen LogP contribution in [0.3, 0.4) is 0 Å². The highest BCUT2D eigenvalue weighted by molar-refractivity contribution is 6.05. The lowest BCUT2D eigenvalue weighted by atomic mass is 10.1. The minimum Gasteiger partial charge on any atom is -0.330 e. The van der Waals surface area contributed by atoms with Crippen molar-refractivity contribution >= 4 is 11.8 Å². The number of likely N-dealkylation sites (tertiary alicyclic amines) is 2. The molecule has 2 saturated heterocycles. The second-order valence-electron chi connectivity index (χ2n) is 4.89. The minimum absolute atomic E-state index is 0.0606. The Hall–Kier alpha value is -0.940. The Kier molecular flexibility index (Phi) is 2.99. The second kappa shape index (κ2) is 4.14. The fourth-order valence-corrected chi connectivity index (χ4v) is 2.77. The van der Waals surface area contributed by atoms with Crippen molar-refractivity contribution in [1.29, 1.82) is 0 Å². The Bertz CT molecular complexity index is 318. The van der Waals surface area contributed by atoms with Crippen molar-refractivity contribution in [2.45, 2.75) is 31.8 Å². The summed E-state index contributed by atoms with van der Waals surface area (Å²) in [6, 6.07) is 0.103. The Morgan fingerprint density at radius 2 is 2.12 bits per heavy atom. The van der Waals surface area contributed by atoms with Crippen LogP contribution in [-0.4, -0.2) is 53.8 Å². The molecule has 0 radical (unpaired) electrons. The molecule has 2 aliphatic heterocycles. The van der Waals surface area contributed by atoms with Gasteiger partial charge in [0.15, 0.2) is 0 Å². The van der Waals surface area contributed by atoms with Gasteiger partial charge >= 0.3 is 0 Å². The summed E-state index contributed by atoms with van der Waals surface area (Å²) in [7, 11) is 1.56. The molecule has 2 heterocycles. The number of nitrogens with zero attached hydrogens (tertiary/aromatic N) is 2. The van der Waals surface area contributed by atoms with Gasteiger partial charge in [0.2, 0.25) is 11.8 Å². The molecule has 0 spiro atoms. The van der Waals surface area contributed by atoms with Crippen LogP contribution in [-0.2, 0) is 9.59 Å². The summed E-state index contributed by atoms with van der Waals surface area (Å²) in [6.07, 6.45) is 1.36. The van der Waals surface area contributed by atoms with Crippen LogP contribution in [0.5, 0.6) is 0 Å². The molecule has 0 bridgehead atoms. The predicted octanol–water partition coefficient (Wildman–Crippen LogP) is -0.587. The molecule has 3 atom stereocenters. The van der Waals surface area contributed by atoms with Crippen LogP contribution >= 0.6 is 0 Å². The number of likely N-dealkylation sites (N-methyl/N-ethyl adjacent to an activating group) is 1. The number of amides is 2. The van der Waals surface area contributed by atoms with E-state index in [-0.39, 0.29) is 17.9 Å². The fraction of sp³-hybridized carbons (Fsp3) is 0.818. The lowest BCUT2D eigenvalue weighted by Crippen LogP contribution is -2.43. The van der Waals surface area contributed by atoms with Crippen LogP contribution in [0.25, 0.3) is 0 Å². The summed E-state index contributed by atoms with van der Waals surface area (Å²) in [4.78, 5) is 26.7. The first kappa shape index (κ1) is 11.5. The van der Waals surface area contributed by atoms with E-state index in [1.54, 1.807) is 7.05 Å². The third-order valence-electron chi connectivity index (χ3n) is 3.80. The summed E-state index contributed by atoms with van der Waals surface area (Å²) < 4.78 is 0. The molecule has 2 fully saturated rings. The summed E-state index contributed by atoms with van der Waals surface area (Å²) in [5.41, 5.74) is 5.66. The fourth-order valence-electron chi connectivity index (χ4n) is 2.77. The van der Waals surface area contributed by atoms with Crippen LogP contribution in [0, 0.1) is 5.92 Å². The minimum atomic E-state index is -0.246. The molecule has 0 saturated carbocycles. The zero-order valence-corrected chi connectivity index (χ0v) is 9.85. The number of imide groups is 1. The second-order valence-corrected chi connectivity index (χ2v) is 4.89. The zero-order chi connectivity index (χ0) is 11.9. The van der Waals surface area contributed by atoms with Gasteiger partial charge < -0.3 is 5.73 Å². The first-order chi connectivity index (χ1) is 7.54. The number of hydrogen-bond acceptors (Lipinski definition) is 4. The number of carbonyl (C=O) groups excluding carboxylic acids is 2. The predicted molar refractivity (Wildman–Crippen MR) is 59.5 cm³/mol. The first-order valence-electron chi connectivity index (χ1n) is 5.80. The van der Waals surface area contributed by atoms with Crippen LogP contribution in [0.2, 0.25) is 0 Å². The van der Waals surface area contributed by atoms with E-state index >= 15 is 0 Å². The largest absolute Gasteiger partial charge is 0.330 e. The molecule has 2 N–H and O–H groups in total. The van der Waals surface area contributed by atoms with Gasteiger partial charge in [0, 0.05) is 19.6 Å². The normalized spacial score (nSPS) is 36.4. The van der Waals surface area contributed by atoms with Gasteiger partial charge in [-0.1, -0.05) is 0 Å². The summed E-state index contributed by atoms with van der Waals surface area (Å²) >= 11 is 0. The smallest absolute Gasteiger partial charge is 0.246 e. The topological polar surface area (TPSA) is 66.6 Å². The lowest BCUT2D eigenvalue weighted by Gasteiger charge is -2.26. The highest BCUT2D eigenvalue weighted by Crippen LogP contribution is 2.28. The molecule has 3 unspecified atom stereocenters. The van der Waals surface area contributed by atoms with E-state index < -0.39 is 0 Å². The third kappa shape index (κ3) is 1.74. The molecule has 5 heteroatoms. The average molecular weight is 225 g/mol. The Balaban J connectivity index is 2.09. The summed E-state index contributed by atoms with van der Waals surface area (Å²) in [6.45, 7) is 3.60. The molecule has 0 aromatic carbocycles. The van der Waals surface area contributed by atoms with Gasteiger partial charge in [0.25, 0.3) is 0 Å². The highest BCUT2D eigenvalue weighted by Gasteiger charge is 2.44. The quantitative estimate of drug-likeness (QED) is 0.638. The molecule has 5 nitrogen and oxygen atoms in total. The lowest BCUT2D eigenvalue weighted by molar-refractivity contribution is -0.138. The SMILES string of the molecule is CC1CC(CN)CN1C1CC(=O)N(C)C1=O. The van der Waals surface area contributed by atoms with Crippen molar-refractivity contribution in [2.24, 2.45) is 11.7 Å². The zero-order valence-electron chi connectivity index (χ0n) is 9.85. The maximum atomic E-state index is 11.9. The standard InChI is InChI=1S/C11H19N3O2/c1-7-3-8(5-12)6-14(7)9-4-10(15)13(2)11(9)16/h7-9H,3-6,12H2,1-2H3. The molecule has 0 aromatic rings. The van der Waals surface area contributed by atoms with E-state index in [1.165, 1.54) is 4.90 Å². The number of carbonyl (C=O) groups is 2. The summed E-state index contributed by atoms with van der Waals surface area (Å²) in [5, 5.41) is 0. The first-order valence-corrected chi connectivity index (χ1v) is 5.80. The van der Waals surface area contributed by atoms with Crippen molar-refractivity contribution in [3.05, 3.63) is 0 Å². The van der Waals surface area contributed by atoms with Crippen LogP contribution < -0.4 is 5.73 Å². The Labute approximate surface area is 95.6 Å².